The Labute approximate surface area is 189 Å². The van der Waals surface area contributed by atoms with Gasteiger partial charge in [-0.25, -0.2) is 0 Å². The highest BCUT2D eigenvalue weighted by molar-refractivity contribution is 6.11. The lowest BCUT2D eigenvalue weighted by molar-refractivity contribution is 0.103. The lowest BCUT2D eigenvalue weighted by atomic mass is 9.93. The van der Waals surface area contributed by atoms with Gasteiger partial charge in [0, 0.05) is 11.6 Å². The molecule has 170 valence electrons. The van der Waals surface area contributed by atoms with Crippen molar-refractivity contribution in [2.75, 3.05) is 6.61 Å². The molecule has 1 aliphatic carbocycles. The quantitative estimate of drug-likeness (QED) is 0.418. The number of ketones is 1. The maximum absolute atomic E-state index is 13.3. The van der Waals surface area contributed by atoms with Gasteiger partial charge in [0.25, 0.3) is 5.56 Å². The number of benzene rings is 1. The number of hydrogen-bond acceptors (Lipinski definition) is 5. The van der Waals surface area contributed by atoms with E-state index >= 15 is 0 Å². The Kier molecular flexibility index (Phi) is 8.10. The zero-order valence-electron chi connectivity index (χ0n) is 19.0. The highest BCUT2D eigenvalue weighted by Crippen LogP contribution is 2.33. The van der Waals surface area contributed by atoms with Crippen LogP contribution in [0.3, 0.4) is 0 Å². The van der Waals surface area contributed by atoms with Crippen LogP contribution in [0.5, 0.6) is 11.6 Å². The molecule has 32 heavy (non-hydrogen) atoms. The van der Waals surface area contributed by atoms with Crippen molar-refractivity contribution >= 4 is 5.78 Å². The first-order valence-electron chi connectivity index (χ1n) is 11.6. The summed E-state index contributed by atoms with van der Waals surface area (Å²) in [6.07, 6.45) is 8.97. The summed E-state index contributed by atoms with van der Waals surface area (Å²) in [6.45, 7) is 4.34. The number of aromatic hydroxyl groups is 1. The molecule has 0 aliphatic heterocycles. The average molecular weight is 437 g/mol. The summed E-state index contributed by atoms with van der Waals surface area (Å²) in [7, 11) is 0. The molecule has 0 unspecified atom stereocenters. The Morgan fingerprint density at radius 1 is 1.16 bits per heavy atom. The molecule has 1 aromatic heterocycles. The van der Waals surface area contributed by atoms with E-state index in [1.54, 1.807) is 31.2 Å². The molecule has 1 fully saturated rings. The zero-order valence-corrected chi connectivity index (χ0v) is 19.0. The highest BCUT2D eigenvalue weighted by Gasteiger charge is 2.28. The molecular weight excluding hydrogens is 404 g/mol. The standard InChI is InChI=1S/C26H32N2O4/c1-3-4-5-9-16-32-21-14-12-19(13-15-21)24(29)23-18(2)22(17-27)25(30)28(26(23)31)20-10-7-6-8-11-20/h12-15,20,31H,3-11,16H2,1-2H3. The molecule has 1 N–H and O–H groups in total. The first kappa shape index (κ1) is 23.6. The number of nitrogens with zero attached hydrogens (tertiary/aromatic N) is 2. The summed E-state index contributed by atoms with van der Waals surface area (Å²) in [4.78, 5) is 26.2. The number of pyridine rings is 1. The number of hydrogen-bond donors (Lipinski definition) is 1. The van der Waals surface area contributed by atoms with Crippen molar-refractivity contribution in [1.82, 2.24) is 4.57 Å². The highest BCUT2D eigenvalue weighted by atomic mass is 16.5. The number of rotatable bonds is 9. The van der Waals surface area contributed by atoms with Gasteiger partial charge in [0.1, 0.15) is 17.4 Å². The summed E-state index contributed by atoms with van der Waals surface area (Å²) in [5.41, 5.74) is 0.0317. The monoisotopic (exact) mass is 436 g/mol. The molecule has 1 heterocycles. The van der Waals surface area contributed by atoms with Gasteiger partial charge >= 0.3 is 0 Å². The molecule has 2 aromatic rings. The molecule has 1 saturated carbocycles. The molecule has 0 radical (unpaired) electrons. The van der Waals surface area contributed by atoms with Crippen LogP contribution in [0.1, 0.15) is 97.8 Å². The van der Waals surface area contributed by atoms with Gasteiger partial charge in [0.05, 0.1) is 12.2 Å². The number of carbonyl (C=O) groups excluding carboxylic acids is 1. The predicted octanol–water partition coefficient (Wildman–Crippen LogP) is 5.43. The van der Waals surface area contributed by atoms with E-state index in [-0.39, 0.29) is 28.6 Å². The molecule has 0 spiro atoms. The van der Waals surface area contributed by atoms with Crippen LogP contribution in [0, 0.1) is 18.3 Å². The number of ether oxygens (including phenoxy) is 1. The Hall–Kier alpha value is -3.07. The minimum Gasteiger partial charge on any atom is -0.494 e. The van der Waals surface area contributed by atoms with Crippen LogP contribution in [-0.2, 0) is 0 Å². The van der Waals surface area contributed by atoms with Crippen molar-refractivity contribution in [3.63, 3.8) is 0 Å². The fraction of sp³-hybridized carbons (Fsp3) is 0.500. The third kappa shape index (κ3) is 5.04. The second-order valence-corrected chi connectivity index (χ2v) is 8.54. The number of aromatic nitrogens is 1. The molecule has 1 aliphatic rings. The van der Waals surface area contributed by atoms with E-state index in [2.05, 4.69) is 6.92 Å². The molecule has 0 saturated heterocycles. The van der Waals surface area contributed by atoms with Crippen LogP contribution in [-0.4, -0.2) is 22.1 Å². The van der Waals surface area contributed by atoms with E-state index in [0.717, 1.165) is 44.9 Å². The maximum Gasteiger partial charge on any atom is 0.271 e. The second kappa shape index (κ2) is 11.0. The molecule has 0 amide bonds. The van der Waals surface area contributed by atoms with Gasteiger partial charge in [-0.2, -0.15) is 5.26 Å². The average Bonchev–Trinajstić information content (AvgIpc) is 2.80. The van der Waals surface area contributed by atoms with Gasteiger partial charge in [0.2, 0.25) is 5.88 Å². The second-order valence-electron chi connectivity index (χ2n) is 8.54. The van der Waals surface area contributed by atoms with Gasteiger partial charge in [0.15, 0.2) is 5.78 Å². The fourth-order valence-corrected chi connectivity index (χ4v) is 4.44. The summed E-state index contributed by atoms with van der Waals surface area (Å²) < 4.78 is 7.01. The van der Waals surface area contributed by atoms with E-state index in [1.807, 2.05) is 6.07 Å². The fourth-order valence-electron chi connectivity index (χ4n) is 4.44. The Balaban J connectivity index is 1.89. The van der Waals surface area contributed by atoms with E-state index in [0.29, 0.717) is 17.9 Å². The topological polar surface area (TPSA) is 92.3 Å². The molecule has 0 bridgehead atoms. The summed E-state index contributed by atoms with van der Waals surface area (Å²) in [5.74, 6) is -0.0564. The van der Waals surface area contributed by atoms with E-state index in [4.69, 9.17) is 4.74 Å². The van der Waals surface area contributed by atoms with E-state index < -0.39 is 11.3 Å². The minimum atomic E-state index is -0.516. The summed E-state index contributed by atoms with van der Waals surface area (Å²) in [6, 6.07) is 8.54. The molecule has 0 atom stereocenters. The van der Waals surface area contributed by atoms with E-state index in [9.17, 15) is 20.0 Å². The Morgan fingerprint density at radius 3 is 2.47 bits per heavy atom. The SMILES string of the molecule is CCCCCCOc1ccc(C(=O)c2c(C)c(C#N)c(=O)n(C3CCCCC3)c2O)cc1. The third-order valence-corrected chi connectivity index (χ3v) is 6.30. The van der Waals surface area contributed by atoms with Crippen LogP contribution < -0.4 is 10.3 Å². The third-order valence-electron chi connectivity index (χ3n) is 6.30. The van der Waals surface area contributed by atoms with Crippen molar-refractivity contribution in [1.29, 1.82) is 5.26 Å². The van der Waals surface area contributed by atoms with Gasteiger partial charge in [-0.1, -0.05) is 45.4 Å². The van der Waals surface area contributed by atoms with Crippen LogP contribution in [0.15, 0.2) is 29.1 Å². The van der Waals surface area contributed by atoms with Crippen molar-refractivity contribution in [3.05, 3.63) is 56.9 Å². The summed E-state index contributed by atoms with van der Waals surface area (Å²) >= 11 is 0. The van der Waals surface area contributed by atoms with Crippen LogP contribution in [0.25, 0.3) is 0 Å². The minimum absolute atomic E-state index is 0.0277. The molecular formula is C26H32N2O4. The zero-order chi connectivity index (χ0) is 23.1. The number of carbonyl (C=O) groups is 1. The number of nitriles is 1. The Bertz CT molecular complexity index is 1040. The van der Waals surface area contributed by atoms with Crippen LogP contribution in [0.2, 0.25) is 0 Å². The van der Waals surface area contributed by atoms with Gasteiger partial charge in [-0.05, 0) is 56.0 Å². The van der Waals surface area contributed by atoms with Crippen molar-refractivity contribution in [2.24, 2.45) is 0 Å². The largest absolute Gasteiger partial charge is 0.494 e. The number of unbranched alkanes of at least 4 members (excludes halogenated alkanes) is 3. The first-order chi connectivity index (χ1) is 15.5. The molecule has 1 aromatic carbocycles. The predicted molar refractivity (Wildman–Crippen MR) is 123 cm³/mol. The summed E-state index contributed by atoms with van der Waals surface area (Å²) in [5, 5.41) is 20.6. The van der Waals surface area contributed by atoms with Crippen molar-refractivity contribution in [3.8, 4) is 17.7 Å². The Morgan fingerprint density at radius 2 is 1.84 bits per heavy atom. The van der Waals surface area contributed by atoms with Gasteiger partial charge < -0.3 is 9.84 Å². The van der Waals surface area contributed by atoms with Crippen LogP contribution in [0.4, 0.5) is 0 Å². The normalized spacial score (nSPS) is 14.2. The maximum atomic E-state index is 13.3. The van der Waals surface area contributed by atoms with Gasteiger partial charge in [-0.15, -0.1) is 0 Å². The van der Waals surface area contributed by atoms with E-state index in [1.165, 1.54) is 17.4 Å². The molecule has 6 heteroatoms. The smallest absolute Gasteiger partial charge is 0.271 e. The van der Waals surface area contributed by atoms with Crippen LogP contribution >= 0.6 is 0 Å². The van der Waals surface area contributed by atoms with Gasteiger partial charge in [-0.3, -0.25) is 14.2 Å². The lowest BCUT2D eigenvalue weighted by Gasteiger charge is -2.26. The molecule has 6 nitrogen and oxygen atoms in total. The van der Waals surface area contributed by atoms with Crippen molar-refractivity contribution in [2.45, 2.75) is 77.7 Å². The first-order valence-corrected chi connectivity index (χ1v) is 11.6. The molecule has 3 rings (SSSR count). The van der Waals surface area contributed by atoms with Crippen molar-refractivity contribution < 1.29 is 14.6 Å². The lowest BCUT2D eigenvalue weighted by Crippen LogP contribution is -2.31.